The summed E-state index contributed by atoms with van der Waals surface area (Å²) in [5, 5.41) is 9.82. The second-order valence-corrected chi connectivity index (χ2v) is 13.3. The number of benzene rings is 1. The standard InChI is InChI=1S/C35H45N9O4S/c1-6-44(29-10-8-25(36)32(41-29)31(37)23-7-9-26(48-21(2)3)27(17-23)47-5)35(46)24-11-14-42(19-24)20-30(45)43-15-12-22(13-16-43)34-40-18-28(49-34)33(38)39-4/h7-10,12,17-18,21,24,37H,6,11,13-16,19-20,36H2,1-5H3,(H2,38,39)/t24-/m1/s1. The smallest absolute Gasteiger partial charge is 0.237 e. The number of aromatic nitrogens is 2. The number of hydrogen-bond donors (Lipinski definition) is 3. The number of ether oxygens (including phenoxy) is 2. The number of likely N-dealkylation sites (tertiary alicyclic amines) is 1. The van der Waals surface area contributed by atoms with Gasteiger partial charge in [0.2, 0.25) is 11.8 Å². The molecule has 1 saturated heterocycles. The first-order chi connectivity index (χ1) is 23.5. The maximum Gasteiger partial charge on any atom is 0.237 e. The molecule has 1 atom stereocenters. The van der Waals surface area contributed by atoms with Crippen LogP contribution in [-0.2, 0) is 9.59 Å². The number of amidine groups is 1. The highest BCUT2D eigenvalue weighted by molar-refractivity contribution is 7.14. The van der Waals surface area contributed by atoms with E-state index in [4.69, 9.17) is 31.3 Å². The van der Waals surface area contributed by atoms with Gasteiger partial charge in [0.05, 0.1) is 42.0 Å². The Balaban J connectivity index is 1.20. The summed E-state index contributed by atoms with van der Waals surface area (Å²) in [4.78, 5) is 46.6. The van der Waals surface area contributed by atoms with Gasteiger partial charge < -0.3 is 25.8 Å². The van der Waals surface area contributed by atoms with E-state index in [2.05, 4.69) is 21.0 Å². The molecule has 5 rings (SSSR count). The number of nitrogens with two attached hydrogens (primary N) is 2. The van der Waals surface area contributed by atoms with Crippen molar-refractivity contribution in [3.8, 4) is 11.5 Å². The predicted octanol–water partition coefficient (Wildman–Crippen LogP) is 3.66. The van der Waals surface area contributed by atoms with Crippen LogP contribution < -0.4 is 25.8 Å². The Morgan fingerprint density at radius 2 is 2.00 bits per heavy atom. The molecular weight excluding hydrogens is 643 g/mol. The highest BCUT2D eigenvalue weighted by Crippen LogP contribution is 2.31. The summed E-state index contributed by atoms with van der Waals surface area (Å²) in [7, 11) is 3.20. The summed E-state index contributed by atoms with van der Waals surface area (Å²) in [6, 6.07) is 8.64. The average molecular weight is 688 g/mol. The number of aliphatic imine (C=N–C) groups is 1. The van der Waals surface area contributed by atoms with Gasteiger partial charge in [-0.15, -0.1) is 11.3 Å². The number of nitrogens with one attached hydrogen (secondary N) is 1. The van der Waals surface area contributed by atoms with E-state index in [0.29, 0.717) is 80.0 Å². The number of nitrogen functional groups attached to an aromatic ring is 1. The maximum atomic E-state index is 13.8. The van der Waals surface area contributed by atoms with Crippen LogP contribution in [0, 0.1) is 11.3 Å². The van der Waals surface area contributed by atoms with Gasteiger partial charge in [-0.3, -0.25) is 29.8 Å². The number of nitrogens with zero attached hydrogens (tertiary/aromatic N) is 6. The van der Waals surface area contributed by atoms with Crippen LogP contribution in [0.1, 0.15) is 54.8 Å². The van der Waals surface area contributed by atoms with E-state index in [0.717, 1.165) is 15.5 Å². The molecule has 49 heavy (non-hydrogen) atoms. The van der Waals surface area contributed by atoms with Crippen LogP contribution in [0.3, 0.4) is 0 Å². The molecule has 0 unspecified atom stereocenters. The Labute approximate surface area is 291 Å². The van der Waals surface area contributed by atoms with Gasteiger partial charge in [0.15, 0.2) is 11.5 Å². The lowest BCUT2D eigenvalue weighted by atomic mass is 10.0. The minimum absolute atomic E-state index is 0.0365. The quantitative estimate of drug-likeness (QED) is 0.190. The number of carbonyl (C=O) groups excluding carboxylic acids is 2. The minimum Gasteiger partial charge on any atom is -0.493 e. The Kier molecular flexibility index (Phi) is 11.3. The first kappa shape index (κ1) is 35.5. The average Bonchev–Trinajstić information content (AvgIpc) is 3.79. The highest BCUT2D eigenvalue weighted by atomic mass is 32.1. The summed E-state index contributed by atoms with van der Waals surface area (Å²) in [6.45, 7) is 8.68. The fraction of sp³-hybridized carbons (Fsp3) is 0.429. The van der Waals surface area contributed by atoms with Crippen molar-refractivity contribution >= 4 is 51.8 Å². The Morgan fingerprint density at radius 3 is 2.67 bits per heavy atom. The zero-order valence-electron chi connectivity index (χ0n) is 28.7. The van der Waals surface area contributed by atoms with Gasteiger partial charge >= 0.3 is 0 Å². The van der Waals surface area contributed by atoms with Crippen LogP contribution in [0.15, 0.2) is 47.6 Å². The topological polar surface area (TPSA) is 176 Å². The van der Waals surface area contributed by atoms with Crippen molar-refractivity contribution in [3.63, 3.8) is 0 Å². The number of amides is 2. The first-order valence-corrected chi connectivity index (χ1v) is 17.2. The molecule has 2 aliphatic rings. The molecule has 1 aromatic carbocycles. The van der Waals surface area contributed by atoms with E-state index in [1.165, 1.54) is 11.3 Å². The van der Waals surface area contributed by atoms with Crippen molar-refractivity contribution in [2.75, 3.05) is 64.1 Å². The molecule has 260 valence electrons. The molecule has 3 aromatic rings. The van der Waals surface area contributed by atoms with Crippen molar-refractivity contribution in [2.24, 2.45) is 16.6 Å². The van der Waals surface area contributed by atoms with Crippen LogP contribution in [0.25, 0.3) is 5.57 Å². The third kappa shape index (κ3) is 8.08. The molecular formula is C35H45N9O4S. The van der Waals surface area contributed by atoms with Gasteiger partial charge in [-0.25, -0.2) is 9.97 Å². The number of thiazole rings is 1. The van der Waals surface area contributed by atoms with E-state index < -0.39 is 0 Å². The second-order valence-electron chi connectivity index (χ2n) is 12.3. The van der Waals surface area contributed by atoms with Gasteiger partial charge in [-0.05, 0) is 76.1 Å². The van der Waals surface area contributed by atoms with Crippen LogP contribution in [-0.4, -0.2) is 103 Å². The SMILES string of the molecule is CCN(C(=O)[C@@H]1CCN(CC(=O)N2CC=C(c3ncc(C(N)=NC)s3)CC2)C1)c1ccc(N)c(C(=N)c2ccc(OC(C)C)c(OC)c2)n1. The predicted molar refractivity (Wildman–Crippen MR) is 194 cm³/mol. The molecule has 0 aliphatic carbocycles. The lowest BCUT2D eigenvalue weighted by Gasteiger charge is -2.28. The Hall–Kier alpha value is -4.82. The molecule has 13 nitrogen and oxygen atoms in total. The zero-order valence-corrected chi connectivity index (χ0v) is 29.5. The van der Waals surface area contributed by atoms with Crippen molar-refractivity contribution in [1.29, 1.82) is 5.41 Å². The fourth-order valence-corrected chi connectivity index (χ4v) is 6.91. The fourth-order valence-electron chi connectivity index (χ4n) is 5.98. The summed E-state index contributed by atoms with van der Waals surface area (Å²) in [5.74, 6) is 1.67. The zero-order chi connectivity index (χ0) is 35.2. The third-order valence-electron chi connectivity index (χ3n) is 8.64. The van der Waals surface area contributed by atoms with Crippen LogP contribution >= 0.6 is 11.3 Å². The van der Waals surface area contributed by atoms with Gasteiger partial charge in [0.1, 0.15) is 22.4 Å². The lowest BCUT2D eigenvalue weighted by molar-refractivity contribution is -0.132. The molecule has 5 N–H and O–H groups in total. The highest BCUT2D eigenvalue weighted by Gasteiger charge is 2.34. The van der Waals surface area contributed by atoms with E-state index >= 15 is 0 Å². The number of methoxy groups -OCH3 is 1. The lowest BCUT2D eigenvalue weighted by Crippen LogP contribution is -2.42. The molecule has 14 heteroatoms. The summed E-state index contributed by atoms with van der Waals surface area (Å²) < 4.78 is 11.3. The number of anilines is 2. The largest absolute Gasteiger partial charge is 0.493 e. The minimum atomic E-state index is -0.279. The van der Waals surface area contributed by atoms with Crippen LogP contribution in [0.4, 0.5) is 11.5 Å². The molecule has 2 aliphatic heterocycles. The first-order valence-electron chi connectivity index (χ1n) is 16.4. The maximum absolute atomic E-state index is 13.8. The number of carbonyl (C=O) groups is 2. The molecule has 0 radical (unpaired) electrons. The van der Waals surface area contributed by atoms with Crippen molar-refractivity contribution < 1.29 is 19.1 Å². The van der Waals surface area contributed by atoms with Gasteiger partial charge in [-0.2, -0.15) is 0 Å². The number of hydrogen-bond acceptors (Lipinski definition) is 11. The third-order valence-corrected chi connectivity index (χ3v) is 9.73. The molecule has 2 aromatic heterocycles. The molecule has 0 bridgehead atoms. The summed E-state index contributed by atoms with van der Waals surface area (Å²) in [6.07, 6.45) is 5.11. The monoisotopic (exact) mass is 687 g/mol. The van der Waals surface area contributed by atoms with Gasteiger partial charge in [0.25, 0.3) is 0 Å². The molecule has 0 spiro atoms. The second kappa shape index (κ2) is 15.6. The van der Waals surface area contributed by atoms with Crippen molar-refractivity contribution in [1.82, 2.24) is 19.8 Å². The Morgan fingerprint density at radius 1 is 1.20 bits per heavy atom. The van der Waals surface area contributed by atoms with E-state index in [9.17, 15) is 9.59 Å². The Bertz CT molecular complexity index is 1770. The van der Waals surface area contributed by atoms with E-state index in [1.807, 2.05) is 25.7 Å². The number of rotatable bonds is 12. The normalized spacial score (nSPS) is 16.9. The van der Waals surface area contributed by atoms with Crippen molar-refractivity contribution in [2.45, 2.75) is 39.7 Å². The van der Waals surface area contributed by atoms with Crippen LogP contribution in [0.5, 0.6) is 11.5 Å². The van der Waals surface area contributed by atoms with Crippen LogP contribution in [0.2, 0.25) is 0 Å². The van der Waals surface area contributed by atoms with Gasteiger partial charge in [-0.1, -0.05) is 6.08 Å². The summed E-state index contributed by atoms with van der Waals surface area (Å²) in [5.41, 5.74) is 14.6. The molecule has 0 saturated carbocycles. The molecule has 2 amide bonds. The van der Waals surface area contributed by atoms with Crippen molar-refractivity contribution in [3.05, 3.63) is 63.7 Å². The summed E-state index contributed by atoms with van der Waals surface area (Å²) >= 11 is 1.51. The van der Waals surface area contributed by atoms with E-state index in [-0.39, 0.29) is 41.8 Å². The molecule has 1 fully saturated rings. The number of pyridine rings is 1. The van der Waals surface area contributed by atoms with Gasteiger partial charge in [0, 0.05) is 45.0 Å². The molecule has 4 heterocycles. The van der Waals surface area contributed by atoms with E-state index in [1.54, 1.807) is 55.6 Å².